The van der Waals surface area contributed by atoms with Crippen LogP contribution >= 0.6 is 0 Å². The highest BCUT2D eigenvalue weighted by Gasteiger charge is 2.28. The molecular formula is C20H23N5O5. The van der Waals surface area contributed by atoms with Crippen molar-refractivity contribution in [2.45, 2.75) is 13.0 Å². The summed E-state index contributed by atoms with van der Waals surface area (Å²) in [6, 6.07) is 7.89. The molecular weight excluding hydrogens is 390 g/mol. The number of hydrogen-bond donors (Lipinski definition) is 1. The molecule has 1 saturated heterocycles. The normalized spacial score (nSPS) is 14.7. The minimum Gasteiger partial charge on any atom is -0.484 e. The molecule has 1 aromatic heterocycles. The van der Waals surface area contributed by atoms with Gasteiger partial charge < -0.3 is 25.0 Å². The number of carbonyl (C=O) groups excluding carboxylic acids is 3. The van der Waals surface area contributed by atoms with E-state index in [-0.39, 0.29) is 18.1 Å². The van der Waals surface area contributed by atoms with Crippen molar-refractivity contribution in [3.63, 3.8) is 0 Å². The zero-order valence-corrected chi connectivity index (χ0v) is 16.6. The Bertz CT molecular complexity index is 899. The highest BCUT2D eigenvalue weighted by molar-refractivity contribution is 5.92. The molecule has 0 spiro atoms. The predicted octanol–water partition coefficient (Wildman–Crippen LogP) is 0.235. The zero-order chi connectivity index (χ0) is 21.5. The molecule has 158 valence electrons. The maximum atomic E-state index is 12.7. The third-order valence-corrected chi connectivity index (χ3v) is 4.51. The van der Waals surface area contributed by atoms with Gasteiger partial charge in [-0.15, -0.1) is 0 Å². The summed E-state index contributed by atoms with van der Waals surface area (Å²) in [5.41, 5.74) is 5.25. The Kier molecular flexibility index (Phi) is 6.79. The summed E-state index contributed by atoms with van der Waals surface area (Å²) in [5.74, 6) is -0.611. The molecule has 2 amide bonds. The van der Waals surface area contributed by atoms with Crippen LogP contribution in [-0.2, 0) is 14.3 Å². The van der Waals surface area contributed by atoms with Crippen molar-refractivity contribution >= 4 is 23.7 Å². The molecule has 0 aliphatic carbocycles. The van der Waals surface area contributed by atoms with Crippen molar-refractivity contribution in [2.24, 2.45) is 5.73 Å². The highest BCUT2D eigenvalue weighted by atomic mass is 16.5. The molecule has 1 aliphatic heterocycles. The second kappa shape index (κ2) is 9.68. The number of aromatic nitrogens is 2. The number of anilines is 1. The van der Waals surface area contributed by atoms with E-state index in [4.69, 9.17) is 15.2 Å². The minimum atomic E-state index is -0.938. The van der Waals surface area contributed by atoms with Crippen LogP contribution in [0.2, 0.25) is 0 Å². The Morgan fingerprint density at radius 1 is 1.10 bits per heavy atom. The van der Waals surface area contributed by atoms with Crippen LogP contribution in [0, 0.1) is 0 Å². The van der Waals surface area contributed by atoms with Crippen molar-refractivity contribution in [3.8, 4) is 5.75 Å². The van der Waals surface area contributed by atoms with Crippen LogP contribution in [0.1, 0.15) is 17.3 Å². The number of primary amides is 1. The van der Waals surface area contributed by atoms with Crippen LogP contribution in [0.25, 0.3) is 0 Å². The standard InChI is InChI=1S/C20H23N5O5/c1-14(30-19(28)15-4-2-5-16(12-15)29-13-17(21)26)18(27)24-8-10-25(11-9-24)20-22-6-3-7-23-20/h2-7,12,14H,8-11,13H2,1H3,(H2,21,26). The highest BCUT2D eigenvalue weighted by Crippen LogP contribution is 2.16. The number of nitrogens with zero attached hydrogens (tertiary/aromatic N) is 4. The smallest absolute Gasteiger partial charge is 0.339 e. The van der Waals surface area contributed by atoms with Crippen molar-refractivity contribution < 1.29 is 23.9 Å². The molecule has 2 N–H and O–H groups in total. The Morgan fingerprint density at radius 3 is 2.47 bits per heavy atom. The molecule has 0 saturated carbocycles. The van der Waals surface area contributed by atoms with Crippen molar-refractivity contribution in [3.05, 3.63) is 48.3 Å². The molecule has 3 rings (SSSR count). The topological polar surface area (TPSA) is 128 Å². The van der Waals surface area contributed by atoms with E-state index in [0.717, 1.165) is 0 Å². The van der Waals surface area contributed by atoms with Crippen LogP contribution in [0.5, 0.6) is 5.75 Å². The zero-order valence-electron chi connectivity index (χ0n) is 16.6. The summed E-state index contributed by atoms with van der Waals surface area (Å²) < 4.78 is 10.5. The number of piperazine rings is 1. The summed E-state index contributed by atoms with van der Waals surface area (Å²) >= 11 is 0. The SMILES string of the molecule is CC(OC(=O)c1cccc(OCC(N)=O)c1)C(=O)N1CCN(c2ncccn2)CC1. The Morgan fingerprint density at radius 2 is 1.80 bits per heavy atom. The third-order valence-electron chi connectivity index (χ3n) is 4.51. The number of benzene rings is 1. The third kappa shape index (κ3) is 5.43. The second-order valence-electron chi connectivity index (χ2n) is 6.69. The number of rotatable bonds is 7. The number of ether oxygens (including phenoxy) is 2. The number of nitrogens with two attached hydrogens (primary N) is 1. The van der Waals surface area contributed by atoms with Gasteiger partial charge in [0.15, 0.2) is 12.7 Å². The first kappa shape index (κ1) is 21.0. The fourth-order valence-corrected chi connectivity index (χ4v) is 2.98. The largest absolute Gasteiger partial charge is 0.484 e. The van der Waals surface area contributed by atoms with E-state index in [1.54, 1.807) is 42.4 Å². The number of esters is 1. The van der Waals surface area contributed by atoms with E-state index in [1.807, 2.05) is 4.90 Å². The quantitative estimate of drug-likeness (QED) is 0.639. The lowest BCUT2D eigenvalue weighted by molar-refractivity contribution is -0.140. The molecule has 0 bridgehead atoms. The molecule has 2 heterocycles. The molecule has 1 unspecified atom stereocenters. The van der Waals surface area contributed by atoms with Gasteiger partial charge in [0.05, 0.1) is 5.56 Å². The van der Waals surface area contributed by atoms with Crippen molar-refractivity contribution in [1.29, 1.82) is 0 Å². The minimum absolute atomic E-state index is 0.211. The monoisotopic (exact) mass is 413 g/mol. The van der Waals surface area contributed by atoms with Crippen LogP contribution in [0.4, 0.5) is 5.95 Å². The van der Waals surface area contributed by atoms with Gasteiger partial charge in [-0.05, 0) is 31.2 Å². The lowest BCUT2D eigenvalue weighted by atomic mass is 10.2. The van der Waals surface area contributed by atoms with Crippen LogP contribution in [0.3, 0.4) is 0 Å². The summed E-state index contributed by atoms with van der Waals surface area (Å²) in [6.07, 6.45) is 2.41. The second-order valence-corrected chi connectivity index (χ2v) is 6.69. The molecule has 1 fully saturated rings. The summed E-state index contributed by atoms with van der Waals surface area (Å²) in [6.45, 7) is 3.39. The van der Waals surface area contributed by atoms with E-state index < -0.39 is 18.0 Å². The van der Waals surface area contributed by atoms with Crippen LogP contribution in [0.15, 0.2) is 42.7 Å². The lowest BCUT2D eigenvalue weighted by Crippen LogP contribution is -2.52. The Labute approximate surface area is 173 Å². The van der Waals surface area contributed by atoms with E-state index in [9.17, 15) is 14.4 Å². The van der Waals surface area contributed by atoms with Gasteiger partial charge in [-0.2, -0.15) is 0 Å². The van der Waals surface area contributed by atoms with Crippen LogP contribution < -0.4 is 15.4 Å². The fraction of sp³-hybridized carbons (Fsp3) is 0.350. The Hall–Kier alpha value is -3.69. The van der Waals surface area contributed by atoms with Crippen LogP contribution in [-0.4, -0.2) is 71.5 Å². The Balaban J connectivity index is 1.52. The van der Waals surface area contributed by atoms with Gasteiger partial charge in [0.2, 0.25) is 5.95 Å². The molecule has 1 aromatic carbocycles. The van der Waals surface area contributed by atoms with Gasteiger partial charge in [-0.3, -0.25) is 9.59 Å². The molecule has 1 atom stereocenters. The number of carbonyl (C=O) groups is 3. The first-order valence-electron chi connectivity index (χ1n) is 9.47. The predicted molar refractivity (Wildman–Crippen MR) is 107 cm³/mol. The van der Waals surface area contributed by atoms with E-state index in [0.29, 0.717) is 37.9 Å². The van der Waals surface area contributed by atoms with Gasteiger partial charge in [0.25, 0.3) is 11.8 Å². The van der Waals surface area contributed by atoms with E-state index >= 15 is 0 Å². The number of hydrogen-bond acceptors (Lipinski definition) is 8. The summed E-state index contributed by atoms with van der Waals surface area (Å²) in [5, 5.41) is 0. The number of amides is 2. The van der Waals surface area contributed by atoms with Gasteiger partial charge >= 0.3 is 5.97 Å². The average molecular weight is 413 g/mol. The van der Waals surface area contributed by atoms with Gasteiger partial charge in [0, 0.05) is 38.6 Å². The first-order valence-corrected chi connectivity index (χ1v) is 9.47. The van der Waals surface area contributed by atoms with Gasteiger partial charge in [-0.1, -0.05) is 6.07 Å². The first-order chi connectivity index (χ1) is 14.4. The lowest BCUT2D eigenvalue weighted by Gasteiger charge is -2.35. The maximum absolute atomic E-state index is 12.7. The maximum Gasteiger partial charge on any atom is 0.339 e. The molecule has 30 heavy (non-hydrogen) atoms. The molecule has 2 aromatic rings. The average Bonchev–Trinajstić information content (AvgIpc) is 2.78. The summed E-state index contributed by atoms with van der Waals surface area (Å²) in [4.78, 5) is 48.0. The van der Waals surface area contributed by atoms with E-state index in [2.05, 4.69) is 9.97 Å². The van der Waals surface area contributed by atoms with Crippen molar-refractivity contribution in [2.75, 3.05) is 37.7 Å². The van der Waals surface area contributed by atoms with Gasteiger partial charge in [-0.25, -0.2) is 14.8 Å². The molecule has 0 radical (unpaired) electrons. The molecule has 1 aliphatic rings. The van der Waals surface area contributed by atoms with Crippen molar-refractivity contribution in [1.82, 2.24) is 14.9 Å². The van der Waals surface area contributed by atoms with Gasteiger partial charge in [0.1, 0.15) is 5.75 Å². The molecule has 10 nitrogen and oxygen atoms in total. The van der Waals surface area contributed by atoms with E-state index in [1.165, 1.54) is 12.1 Å². The summed E-state index contributed by atoms with van der Waals surface area (Å²) in [7, 11) is 0. The fourth-order valence-electron chi connectivity index (χ4n) is 2.98. The molecule has 10 heteroatoms.